The summed E-state index contributed by atoms with van der Waals surface area (Å²) < 4.78 is 11.1. The molecule has 2 rings (SSSR count). The monoisotopic (exact) mass is 398 g/mol. The zero-order valence-electron chi connectivity index (χ0n) is 17.8. The SMILES string of the molecule is Cc1cc(C)cc(OCC(=O)NCC(C)NC(=O)COc2cc(C)cc(C)c2)c1. The molecule has 2 amide bonds. The van der Waals surface area contributed by atoms with Crippen LogP contribution in [0.2, 0.25) is 0 Å². The quantitative estimate of drug-likeness (QED) is 0.681. The zero-order valence-corrected chi connectivity index (χ0v) is 17.8. The lowest BCUT2D eigenvalue weighted by Gasteiger charge is -2.16. The minimum Gasteiger partial charge on any atom is -0.484 e. The second kappa shape index (κ2) is 10.5. The fourth-order valence-electron chi connectivity index (χ4n) is 3.02. The number of hydrogen-bond donors (Lipinski definition) is 2. The van der Waals surface area contributed by atoms with E-state index in [1.807, 2.05) is 71.0 Å². The van der Waals surface area contributed by atoms with Crippen LogP contribution in [-0.4, -0.2) is 37.6 Å². The average molecular weight is 399 g/mol. The molecule has 0 fully saturated rings. The van der Waals surface area contributed by atoms with Crippen LogP contribution in [0.1, 0.15) is 29.2 Å². The third-order valence-corrected chi connectivity index (χ3v) is 4.14. The van der Waals surface area contributed by atoms with Gasteiger partial charge < -0.3 is 20.1 Å². The Hall–Kier alpha value is -3.02. The molecule has 0 saturated carbocycles. The van der Waals surface area contributed by atoms with Crippen molar-refractivity contribution in [3.05, 3.63) is 58.7 Å². The predicted molar refractivity (Wildman–Crippen MR) is 113 cm³/mol. The van der Waals surface area contributed by atoms with E-state index in [1.165, 1.54) is 0 Å². The normalized spacial score (nSPS) is 11.5. The highest BCUT2D eigenvalue weighted by atomic mass is 16.5. The molecule has 0 aliphatic carbocycles. The van der Waals surface area contributed by atoms with E-state index >= 15 is 0 Å². The summed E-state index contributed by atoms with van der Waals surface area (Å²) >= 11 is 0. The van der Waals surface area contributed by atoms with E-state index in [2.05, 4.69) is 10.6 Å². The fraction of sp³-hybridized carbons (Fsp3) is 0.391. The Morgan fingerprint density at radius 1 is 0.759 bits per heavy atom. The number of ether oxygens (including phenoxy) is 2. The molecule has 0 saturated heterocycles. The summed E-state index contributed by atoms with van der Waals surface area (Å²) in [5.41, 5.74) is 4.33. The molecule has 0 aliphatic heterocycles. The van der Waals surface area contributed by atoms with E-state index in [1.54, 1.807) is 0 Å². The summed E-state index contributed by atoms with van der Waals surface area (Å²) in [4.78, 5) is 24.0. The van der Waals surface area contributed by atoms with Crippen molar-refractivity contribution in [3.63, 3.8) is 0 Å². The number of benzene rings is 2. The Balaban J connectivity index is 1.68. The first-order chi connectivity index (χ1) is 13.7. The highest BCUT2D eigenvalue weighted by molar-refractivity contribution is 5.79. The Bertz CT molecular complexity index is 823. The van der Waals surface area contributed by atoms with Crippen molar-refractivity contribution in [2.24, 2.45) is 0 Å². The number of rotatable bonds is 9. The largest absolute Gasteiger partial charge is 0.484 e. The first-order valence-electron chi connectivity index (χ1n) is 9.69. The smallest absolute Gasteiger partial charge is 0.258 e. The van der Waals surface area contributed by atoms with Gasteiger partial charge in [0.05, 0.1) is 0 Å². The molecule has 156 valence electrons. The van der Waals surface area contributed by atoms with Crippen LogP contribution in [0.15, 0.2) is 36.4 Å². The molecule has 0 aromatic heterocycles. The first-order valence-corrected chi connectivity index (χ1v) is 9.69. The van der Waals surface area contributed by atoms with Crippen LogP contribution in [0.5, 0.6) is 11.5 Å². The maximum absolute atomic E-state index is 12.0. The second-order valence-corrected chi connectivity index (χ2v) is 7.50. The maximum atomic E-state index is 12.0. The summed E-state index contributed by atoms with van der Waals surface area (Å²) in [5, 5.41) is 5.56. The molecule has 1 unspecified atom stereocenters. The summed E-state index contributed by atoms with van der Waals surface area (Å²) in [6.07, 6.45) is 0. The molecule has 2 aromatic carbocycles. The minimum atomic E-state index is -0.239. The highest BCUT2D eigenvalue weighted by Gasteiger charge is 2.11. The molecule has 2 aromatic rings. The molecule has 6 heteroatoms. The Kier molecular flexibility index (Phi) is 8.07. The van der Waals surface area contributed by atoms with Gasteiger partial charge in [-0.15, -0.1) is 0 Å². The minimum absolute atomic E-state index is 0.0701. The fourth-order valence-corrected chi connectivity index (χ4v) is 3.02. The molecule has 1 atom stereocenters. The van der Waals surface area contributed by atoms with Gasteiger partial charge in [0.1, 0.15) is 11.5 Å². The van der Waals surface area contributed by atoms with Crippen molar-refractivity contribution in [1.82, 2.24) is 10.6 Å². The van der Waals surface area contributed by atoms with Crippen LogP contribution in [0.4, 0.5) is 0 Å². The first kappa shape index (κ1) is 22.3. The number of nitrogens with one attached hydrogen (secondary N) is 2. The van der Waals surface area contributed by atoms with E-state index in [9.17, 15) is 9.59 Å². The van der Waals surface area contributed by atoms with Crippen molar-refractivity contribution in [1.29, 1.82) is 0 Å². The summed E-state index contributed by atoms with van der Waals surface area (Å²) in [7, 11) is 0. The van der Waals surface area contributed by atoms with Crippen molar-refractivity contribution < 1.29 is 19.1 Å². The molecule has 0 radical (unpaired) electrons. The molecule has 0 spiro atoms. The van der Waals surface area contributed by atoms with E-state index < -0.39 is 0 Å². The van der Waals surface area contributed by atoms with Crippen molar-refractivity contribution in [3.8, 4) is 11.5 Å². The molecule has 0 bridgehead atoms. The van der Waals surface area contributed by atoms with Crippen LogP contribution in [-0.2, 0) is 9.59 Å². The maximum Gasteiger partial charge on any atom is 0.258 e. The van der Waals surface area contributed by atoms with Gasteiger partial charge in [0.2, 0.25) is 0 Å². The van der Waals surface area contributed by atoms with Gasteiger partial charge in [0, 0.05) is 12.6 Å². The lowest BCUT2D eigenvalue weighted by atomic mass is 10.1. The highest BCUT2D eigenvalue weighted by Crippen LogP contribution is 2.16. The molecule has 29 heavy (non-hydrogen) atoms. The lowest BCUT2D eigenvalue weighted by Crippen LogP contribution is -2.44. The topological polar surface area (TPSA) is 76.7 Å². The third-order valence-electron chi connectivity index (χ3n) is 4.14. The van der Waals surface area contributed by atoms with Crippen molar-refractivity contribution in [2.75, 3.05) is 19.8 Å². The van der Waals surface area contributed by atoms with Crippen LogP contribution in [0.3, 0.4) is 0 Å². The third kappa shape index (κ3) is 8.25. The lowest BCUT2D eigenvalue weighted by molar-refractivity contribution is -0.125. The van der Waals surface area contributed by atoms with E-state index in [4.69, 9.17) is 9.47 Å². The molecule has 6 nitrogen and oxygen atoms in total. The molecular formula is C23H30N2O4. The van der Waals surface area contributed by atoms with Gasteiger partial charge in [0.15, 0.2) is 13.2 Å². The average Bonchev–Trinajstić information content (AvgIpc) is 2.61. The van der Waals surface area contributed by atoms with Crippen molar-refractivity contribution >= 4 is 11.8 Å². The van der Waals surface area contributed by atoms with Gasteiger partial charge >= 0.3 is 0 Å². The Morgan fingerprint density at radius 2 is 1.17 bits per heavy atom. The predicted octanol–water partition coefficient (Wildman–Crippen LogP) is 3.00. The number of hydrogen-bond acceptors (Lipinski definition) is 4. The number of carbonyl (C=O) groups is 2. The van der Waals surface area contributed by atoms with Gasteiger partial charge in [-0.2, -0.15) is 0 Å². The van der Waals surface area contributed by atoms with Gasteiger partial charge in [0.25, 0.3) is 11.8 Å². The standard InChI is InChI=1S/C23H30N2O4/c1-15-6-16(2)9-20(8-15)28-13-22(26)24-12-19(5)25-23(27)14-29-21-10-17(3)7-18(4)11-21/h6-11,19H,12-14H2,1-5H3,(H,24,26)(H,25,27). The van der Waals surface area contributed by atoms with E-state index in [-0.39, 0.29) is 31.1 Å². The van der Waals surface area contributed by atoms with E-state index in [0.29, 0.717) is 18.0 Å². The van der Waals surface area contributed by atoms with Crippen molar-refractivity contribution in [2.45, 2.75) is 40.7 Å². The number of carbonyl (C=O) groups excluding carboxylic acids is 2. The Labute approximate surface area is 172 Å². The van der Waals surface area contributed by atoms with Gasteiger partial charge in [-0.25, -0.2) is 0 Å². The molecular weight excluding hydrogens is 368 g/mol. The number of aryl methyl sites for hydroxylation is 4. The van der Waals surface area contributed by atoms with E-state index in [0.717, 1.165) is 22.3 Å². The molecule has 0 aliphatic rings. The van der Waals surface area contributed by atoms with Gasteiger partial charge in [-0.1, -0.05) is 12.1 Å². The van der Waals surface area contributed by atoms with Crippen LogP contribution in [0.25, 0.3) is 0 Å². The Morgan fingerprint density at radius 3 is 1.62 bits per heavy atom. The van der Waals surface area contributed by atoms with Gasteiger partial charge in [-0.05, 0) is 81.1 Å². The van der Waals surface area contributed by atoms with Crippen LogP contribution >= 0.6 is 0 Å². The molecule has 2 N–H and O–H groups in total. The molecule has 0 heterocycles. The summed E-state index contributed by atoms with van der Waals surface area (Å²) in [6, 6.07) is 11.4. The van der Waals surface area contributed by atoms with Gasteiger partial charge in [-0.3, -0.25) is 9.59 Å². The van der Waals surface area contributed by atoms with Crippen LogP contribution in [0, 0.1) is 27.7 Å². The summed E-state index contributed by atoms with van der Waals surface area (Å²) in [5.74, 6) is 0.860. The number of amides is 2. The van der Waals surface area contributed by atoms with Crippen LogP contribution < -0.4 is 20.1 Å². The zero-order chi connectivity index (χ0) is 21.4. The second-order valence-electron chi connectivity index (χ2n) is 7.50. The summed E-state index contributed by atoms with van der Waals surface area (Å²) in [6.45, 7) is 9.91.